The van der Waals surface area contributed by atoms with Crippen LogP contribution in [0.1, 0.15) is 0 Å². The van der Waals surface area contributed by atoms with Crippen LogP contribution in [-0.2, 0) is 11.3 Å². The lowest BCUT2D eigenvalue weighted by Crippen LogP contribution is -2.19. The van der Waals surface area contributed by atoms with Crippen LogP contribution in [0.2, 0.25) is 5.15 Å². The fourth-order valence-electron chi connectivity index (χ4n) is 0.959. The summed E-state index contributed by atoms with van der Waals surface area (Å²) in [4.78, 5) is 19.1. The average molecular weight is 240 g/mol. The number of rotatable bonds is 3. The second-order valence-corrected chi connectivity index (χ2v) is 3.17. The second-order valence-electron chi connectivity index (χ2n) is 2.78. The molecule has 1 amide bonds. The lowest BCUT2D eigenvalue weighted by atomic mass is 10.5. The summed E-state index contributed by atoms with van der Waals surface area (Å²) in [6.45, 7) is 0.0112. The van der Waals surface area contributed by atoms with E-state index in [0.29, 0.717) is 5.82 Å². The first-order chi connectivity index (χ1) is 7.74. The Balaban J connectivity index is 1.95. The molecule has 2 rings (SSSR count). The Kier molecular flexibility index (Phi) is 3.01. The lowest BCUT2D eigenvalue weighted by Gasteiger charge is -2.02. The molecule has 0 aliphatic carbocycles. The number of tetrazole rings is 1. The van der Waals surface area contributed by atoms with E-state index in [0.717, 1.165) is 0 Å². The van der Waals surface area contributed by atoms with Crippen LogP contribution in [0.3, 0.4) is 0 Å². The Hall–Kier alpha value is -2.09. The zero-order valence-electron chi connectivity index (χ0n) is 7.91. The number of hydrogen-bond donors (Lipinski definition) is 1. The minimum absolute atomic E-state index is 0.0112. The second kappa shape index (κ2) is 4.62. The van der Waals surface area contributed by atoms with Crippen molar-refractivity contribution < 1.29 is 4.79 Å². The maximum absolute atomic E-state index is 11.4. The quantitative estimate of drug-likeness (QED) is 0.793. The zero-order valence-corrected chi connectivity index (χ0v) is 8.66. The third kappa shape index (κ3) is 2.70. The van der Waals surface area contributed by atoms with Gasteiger partial charge in [-0.05, 0) is 10.4 Å². The van der Waals surface area contributed by atoms with Gasteiger partial charge in [-0.15, -0.1) is 5.10 Å². The van der Waals surface area contributed by atoms with Gasteiger partial charge in [0.15, 0.2) is 5.82 Å². The molecule has 0 radical (unpaired) electrons. The van der Waals surface area contributed by atoms with Gasteiger partial charge in [-0.25, -0.2) is 14.6 Å². The van der Waals surface area contributed by atoms with Gasteiger partial charge in [-0.1, -0.05) is 11.6 Å². The van der Waals surface area contributed by atoms with Crippen LogP contribution in [0.4, 0.5) is 5.82 Å². The number of halogens is 1. The van der Waals surface area contributed by atoms with Crippen LogP contribution in [0, 0.1) is 0 Å². The van der Waals surface area contributed by atoms with Gasteiger partial charge >= 0.3 is 0 Å². The summed E-state index contributed by atoms with van der Waals surface area (Å²) < 4.78 is 1.29. The van der Waals surface area contributed by atoms with Crippen molar-refractivity contribution in [3.8, 4) is 0 Å². The van der Waals surface area contributed by atoms with Crippen molar-refractivity contribution in [1.82, 2.24) is 30.2 Å². The molecule has 0 aromatic carbocycles. The number of hydrogen-bond acceptors (Lipinski definition) is 6. The third-order valence-electron chi connectivity index (χ3n) is 1.58. The van der Waals surface area contributed by atoms with Gasteiger partial charge in [-0.2, -0.15) is 0 Å². The molecule has 16 heavy (non-hydrogen) atoms. The van der Waals surface area contributed by atoms with Crippen LogP contribution >= 0.6 is 11.6 Å². The highest BCUT2D eigenvalue weighted by Gasteiger charge is 2.05. The monoisotopic (exact) mass is 239 g/mol. The van der Waals surface area contributed by atoms with E-state index in [1.165, 1.54) is 23.4 Å². The molecule has 0 aliphatic heterocycles. The van der Waals surface area contributed by atoms with Crippen LogP contribution in [0.25, 0.3) is 0 Å². The molecule has 2 heterocycles. The Morgan fingerprint density at radius 1 is 1.44 bits per heavy atom. The van der Waals surface area contributed by atoms with E-state index in [1.807, 2.05) is 0 Å². The van der Waals surface area contributed by atoms with E-state index < -0.39 is 0 Å². The molecule has 82 valence electrons. The molecule has 0 fully saturated rings. The summed E-state index contributed by atoms with van der Waals surface area (Å²) in [6, 6.07) is 0. The molecular formula is C7H6ClN7O. The SMILES string of the molecule is O=C(Cn1cnnn1)Nc1cnc(Cl)cn1. The van der Waals surface area contributed by atoms with E-state index in [1.54, 1.807) is 0 Å². The Bertz CT molecular complexity index is 468. The summed E-state index contributed by atoms with van der Waals surface area (Å²) >= 11 is 5.55. The van der Waals surface area contributed by atoms with Crippen molar-refractivity contribution in [2.45, 2.75) is 6.54 Å². The molecule has 0 saturated heterocycles. The van der Waals surface area contributed by atoms with Gasteiger partial charge < -0.3 is 5.32 Å². The van der Waals surface area contributed by atoms with Gasteiger partial charge in [0, 0.05) is 0 Å². The molecule has 0 aliphatic rings. The molecule has 2 aromatic heterocycles. The van der Waals surface area contributed by atoms with Crippen LogP contribution in [0.5, 0.6) is 0 Å². The molecule has 0 saturated carbocycles. The Labute approximate surface area is 94.7 Å². The summed E-state index contributed by atoms with van der Waals surface area (Å²) in [5.74, 6) is 0.0198. The fraction of sp³-hybridized carbons (Fsp3) is 0.143. The van der Waals surface area contributed by atoms with E-state index >= 15 is 0 Å². The Morgan fingerprint density at radius 2 is 2.31 bits per heavy atom. The maximum Gasteiger partial charge on any atom is 0.247 e. The van der Waals surface area contributed by atoms with Crippen LogP contribution in [0.15, 0.2) is 18.7 Å². The van der Waals surface area contributed by atoms with Gasteiger partial charge in [0.2, 0.25) is 5.91 Å². The molecule has 0 atom stereocenters. The highest BCUT2D eigenvalue weighted by atomic mass is 35.5. The molecule has 2 aromatic rings. The van der Waals surface area contributed by atoms with Crippen molar-refractivity contribution >= 4 is 23.3 Å². The molecule has 0 spiro atoms. The van der Waals surface area contributed by atoms with Crippen molar-refractivity contribution in [2.24, 2.45) is 0 Å². The molecule has 1 N–H and O–H groups in total. The molecule has 0 unspecified atom stereocenters. The molecule has 0 bridgehead atoms. The fourth-order valence-corrected chi connectivity index (χ4v) is 1.06. The Morgan fingerprint density at radius 3 is 2.94 bits per heavy atom. The number of aromatic nitrogens is 6. The highest BCUT2D eigenvalue weighted by molar-refractivity contribution is 6.29. The number of nitrogens with zero attached hydrogens (tertiary/aromatic N) is 6. The van der Waals surface area contributed by atoms with Crippen LogP contribution in [-0.4, -0.2) is 36.1 Å². The predicted molar refractivity (Wildman–Crippen MR) is 53.5 cm³/mol. The first-order valence-electron chi connectivity index (χ1n) is 4.22. The molecule has 8 nitrogen and oxygen atoms in total. The predicted octanol–water partition coefficient (Wildman–Crippen LogP) is -0.245. The van der Waals surface area contributed by atoms with E-state index in [4.69, 9.17) is 11.6 Å². The number of carbonyl (C=O) groups excluding carboxylic acids is 1. The van der Waals surface area contributed by atoms with Crippen molar-refractivity contribution in [3.63, 3.8) is 0 Å². The summed E-state index contributed by atoms with van der Waals surface area (Å²) in [7, 11) is 0. The van der Waals surface area contributed by atoms with Gasteiger partial charge in [-0.3, -0.25) is 4.79 Å². The molecule has 9 heteroatoms. The number of nitrogens with one attached hydrogen (secondary N) is 1. The van der Waals surface area contributed by atoms with E-state index in [-0.39, 0.29) is 17.6 Å². The third-order valence-corrected chi connectivity index (χ3v) is 1.78. The zero-order chi connectivity index (χ0) is 11.4. The first kappa shape index (κ1) is 10.4. The maximum atomic E-state index is 11.4. The van der Waals surface area contributed by atoms with Crippen molar-refractivity contribution in [3.05, 3.63) is 23.9 Å². The number of anilines is 1. The van der Waals surface area contributed by atoms with Gasteiger partial charge in [0.25, 0.3) is 0 Å². The van der Waals surface area contributed by atoms with Crippen molar-refractivity contribution in [2.75, 3.05) is 5.32 Å². The lowest BCUT2D eigenvalue weighted by molar-refractivity contribution is -0.117. The van der Waals surface area contributed by atoms with Crippen LogP contribution < -0.4 is 5.32 Å². The first-order valence-corrected chi connectivity index (χ1v) is 4.60. The summed E-state index contributed by atoms with van der Waals surface area (Å²) in [6.07, 6.45) is 4.04. The highest BCUT2D eigenvalue weighted by Crippen LogP contribution is 2.04. The van der Waals surface area contributed by atoms with Gasteiger partial charge in [0.1, 0.15) is 18.0 Å². The minimum Gasteiger partial charge on any atom is -0.308 e. The smallest absolute Gasteiger partial charge is 0.247 e. The number of amides is 1. The normalized spacial score (nSPS) is 10.1. The average Bonchev–Trinajstić information content (AvgIpc) is 2.74. The van der Waals surface area contributed by atoms with Gasteiger partial charge in [0.05, 0.1) is 12.4 Å². The standard InChI is InChI=1S/C7H6ClN7O/c8-5-1-10-6(2-9-5)12-7(16)3-15-4-11-13-14-15/h1-2,4H,3H2,(H,10,12,16). The largest absolute Gasteiger partial charge is 0.308 e. The van der Waals surface area contributed by atoms with E-state index in [9.17, 15) is 4.79 Å². The van der Waals surface area contributed by atoms with E-state index in [2.05, 4.69) is 30.8 Å². The van der Waals surface area contributed by atoms with Crippen molar-refractivity contribution in [1.29, 1.82) is 0 Å². The minimum atomic E-state index is -0.302. The number of carbonyl (C=O) groups is 1. The summed E-state index contributed by atoms with van der Waals surface area (Å²) in [5, 5.41) is 13.1. The summed E-state index contributed by atoms with van der Waals surface area (Å²) in [5.41, 5.74) is 0. The topological polar surface area (TPSA) is 98.5 Å². The molecular weight excluding hydrogens is 234 g/mol.